The predicted octanol–water partition coefficient (Wildman–Crippen LogP) is 9.31. The topological polar surface area (TPSA) is 21.3 Å². The van der Waals surface area contributed by atoms with Gasteiger partial charge in [0.1, 0.15) is 0 Å². The molecule has 0 fully saturated rings. The SMILES string of the molecule is CCCCCCCCCC(C)CCCC(C)(CCOC(C)C)NC(C)CCCC(C)C. The molecule has 188 valence electrons. The highest BCUT2D eigenvalue weighted by Gasteiger charge is 2.25. The maximum atomic E-state index is 5.92. The van der Waals surface area contributed by atoms with Crippen molar-refractivity contribution in [2.24, 2.45) is 11.8 Å². The smallest absolute Gasteiger partial charge is 0.0518 e. The molecule has 0 aliphatic carbocycles. The van der Waals surface area contributed by atoms with Crippen LogP contribution in [0.15, 0.2) is 0 Å². The maximum absolute atomic E-state index is 5.92. The van der Waals surface area contributed by atoms with Gasteiger partial charge in [-0.1, -0.05) is 105 Å². The summed E-state index contributed by atoms with van der Waals surface area (Å²) in [5.41, 5.74) is 0.200. The van der Waals surface area contributed by atoms with E-state index in [4.69, 9.17) is 4.74 Å². The minimum Gasteiger partial charge on any atom is -0.379 e. The van der Waals surface area contributed by atoms with E-state index in [9.17, 15) is 0 Å². The lowest BCUT2D eigenvalue weighted by molar-refractivity contribution is 0.0581. The first-order valence-corrected chi connectivity index (χ1v) is 14.1. The zero-order valence-electron chi connectivity index (χ0n) is 23.0. The van der Waals surface area contributed by atoms with Crippen LogP contribution in [-0.2, 0) is 4.74 Å². The van der Waals surface area contributed by atoms with Crippen molar-refractivity contribution in [1.29, 1.82) is 0 Å². The standard InChI is InChI=1S/C29H61NO/c1-9-10-11-12-13-14-15-19-27(6)20-17-22-29(8,23-24-31-26(4)5)30-28(7)21-16-18-25(2)3/h25-28,30H,9-24H2,1-8H3. The summed E-state index contributed by atoms with van der Waals surface area (Å²) in [7, 11) is 0. The predicted molar refractivity (Wildman–Crippen MR) is 141 cm³/mol. The molecule has 0 saturated carbocycles. The van der Waals surface area contributed by atoms with Gasteiger partial charge in [-0.05, 0) is 58.8 Å². The lowest BCUT2D eigenvalue weighted by atomic mass is 9.87. The van der Waals surface area contributed by atoms with Crippen LogP contribution in [0.5, 0.6) is 0 Å². The lowest BCUT2D eigenvalue weighted by Gasteiger charge is -2.35. The fourth-order valence-corrected chi connectivity index (χ4v) is 4.72. The molecular weight excluding hydrogens is 378 g/mol. The van der Waals surface area contributed by atoms with Gasteiger partial charge in [0, 0.05) is 18.2 Å². The summed E-state index contributed by atoms with van der Waals surface area (Å²) < 4.78 is 5.92. The molecule has 0 spiro atoms. The van der Waals surface area contributed by atoms with E-state index in [1.165, 1.54) is 89.9 Å². The van der Waals surface area contributed by atoms with Crippen molar-refractivity contribution in [2.75, 3.05) is 6.61 Å². The quantitative estimate of drug-likeness (QED) is 0.170. The van der Waals surface area contributed by atoms with E-state index >= 15 is 0 Å². The molecule has 0 aromatic rings. The van der Waals surface area contributed by atoms with Crippen molar-refractivity contribution in [3.8, 4) is 0 Å². The Morgan fingerprint density at radius 3 is 1.90 bits per heavy atom. The molecule has 2 nitrogen and oxygen atoms in total. The molecule has 2 heteroatoms. The third-order valence-electron chi connectivity index (χ3n) is 6.84. The van der Waals surface area contributed by atoms with Gasteiger partial charge < -0.3 is 10.1 Å². The molecular formula is C29H61NO. The van der Waals surface area contributed by atoms with E-state index in [0.717, 1.165) is 24.9 Å². The highest BCUT2D eigenvalue weighted by molar-refractivity contribution is 4.86. The first kappa shape index (κ1) is 30.9. The van der Waals surface area contributed by atoms with E-state index in [-0.39, 0.29) is 5.54 Å². The Kier molecular flexibility index (Phi) is 19.3. The van der Waals surface area contributed by atoms with Gasteiger partial charge in [0.2, 0.25) is 0 Å². The monoisotopic (exact) mass is 439 g/mol. The van der Waals surface area contributed by atoms with Crippen LogP contribution in [0.25, 0.3) is 0 Å². The summed E-state index contributed by atoms with van der Waals surface area (Å²) in [5, 5.41) is 4.01. The van der Waals surface area contributed by atoms with Gasteiger partial charge in [-0.15, -0.1) is 0 Å². The minimum atomic E-state index is 0.200. The van der Waals surface area contributed by atoms with Gasteiger partial charge in [-0.2, -0.15) is 0 Å². The summed E-state index contributed by atoms with van der Waals surface area (Å²) >= 11 is 0. The summed E-state index contributed by atoms with van der Waals surface area (Å²) in [6, 6.07) is 0.591. The second kappa shape index (κ2) is 19.4. The summed E-state index contributed by atoms with van der Waals surface area (Å²) in [6.07, 6.45) is 20.8. The Hall–Kier alpha value is -0.0800. The highest BCUT2D eigenvalue weighted by atomic mass is 16.5. The molecule has 0 amide bonds. The number of unbranched alkanes of at least 4 members (excludes halogenated alkanes) is 6. The van der Waals surface area contributed by atoms with Crippen LogP contribution in [0.1, 0.15) is 152 Å². The zero-order valence-corrected chi connectivity index (χ0v) is 23.0. The van der Waals surface area contributed by atoms with Crippen molar-refractivity contribution in [2.45, 2.75) is 169 Å². The maximum Gasteiger partial charge on any atom is 0.0518 e. The van der Waals surface area contributed by atoms with E-state index in [1.54, 1.807) is 0 Å². The van der Waals surface area contributed by atoms with Gasteiger partial charge in [-0.3, -0.25) is 0 Å². The largest absolute Gasteiger partial charge is 0.379 e. The van der Waals surface area contributed by atoms with Crippen molar-refractivity contribution in [1.82, 2.24) is 5.32 Å². The van der Waals surface area contributed by atoms with Crippen LogP contribution >= 0.6 is 0 Å². The Balaban J connectivity index is 4.27. The molecule has 3 atom stereocenters. The number of ether oxygens (including phenoxy) is 1. The van der Waals surface area contributed by atoms with Gasteiger partial charge in [0.05, 0.1) is 6.10 Å². The van der Waals surface area contributed by atoms with Crippen molar-refractivity contribution < 1.29 is 4.74 Å². The van der Waals surface area contributed by atoms with Gasteiger partial charge in [-0.25, -0.2) is 0 Å². The van der Waals surface area contributed by atoms with Crippen LogP contribution in [-0.4, -0.2) is 24.3 Å². The van der Waals surface area contributed by atoms with Crippen molar-refractivity contribution >= 4 is 0 Å². The number of hydrogen-bond acceptors (Lipinski definition) is 2. The molecule has 3 unspecified atom stereocenters. The molecule has 31 heavy (non-hydrogen) atoms. The third-order valence-corrected chi connectivity index (χ3v) is 6.84. The molecule has 0 rings (SSSR count). The van der Waals surface area contributed by atoms with E-state index in [2.05, 4.69) is 60.7 Å². The normalized spacial score (nSPS) is 16.1. The van der Waals surface area contributed by atoms with Crippen LogP contribution < -0.4 is 5.32 Å². The molecule has 0 radical (unpaired) electrons. The van der Waals surface area contributed by atoms with Crippen LogP contribution in [0.4, 0.5) is 0 Å². The first-order chi connectivity index (χ1) is 14.7. The first-order valence-electron chi connectivity index (χ1n) is 14.1. The molecule has 0 aliphatic heterocycles. The summed E-state index contributed by atoms with van der Waals surface area (Å²) in [4.78, 5) is 0. The van der Waals surface area contributed by atoms with Crippen LogP contribution in [0.2, 0.25) is 0 Å². The van der Waals surface area contributed by atoms with E-state index in [1.807, 2.05) is 0 Å². The Morgan fingerprint density at radius 1 is 0.677 bits per heavy atom. The van der Waals surface area contributed by atoms with Crippen LogP contribution in [0, 0.1) is 11.8 Å². The highest BCUT2D eigenvalue weighted by Crippen LogP contribution is 2.24. The third kappa shape index (κ3) is 20.3. The molecule has 0 aromatic carbocycles. The Bertz CT molecular complexity index is 381. The second-order valence-electron chi connectivity index (χ2n) is 11.5. The van der Waals surface area contributed by atoms with Crippen molar-refractivity contribution in [3.63, 3.8) is 0 Å². The Labute approximate surface area is 198 Å². The fourth-order valence-electron chi connectivity index (χ4n) is 4.72. The zero-order chi connectivity index (χ0) is 23.5. The minimum absolute atomic E-state index is 0.200. The fraction of sp³-hybridized carbons (Fsp3) is 1.00. The molecule has 1 N–H and O–H groups in total. The average Bonchev–Trinajstić information content (AvgIpc) is 2.66. The van der Waals surface area contributed by atoms with Gasteiger partial charge in [0.15, 0.2) is 0 Å². The van der Waals surface area contributed by atoms with E-state index in [0.29, 0.717) is 12.1 Å². The second-order valence-corrected chi connectivity index (χ2v) is 11.5. The number of rotatable bonds is 22. The van der Waals surface area contributed by atoms with Gasteiger partial charge >= 0.3 is 0 Å². The molecule has 0 heterocycles. The summed E-state index contributed by atoms with van der Waals surface area (Å²) in [6.45, 7) is 19.4. The van der Waals surface area contributed by atoms with Crippen LogP contribution in [0.3, 0.4) is 0 Å². The Morgan fingerprint density at radius 2 is 1.29 bits per heavy atom. The number of hydrogen-bond donors (Lipinski definition) is 1. The molecule has 0 saturated heterocycles. The lowest BCUT2D eigenvalue weighted by Crippen LogP contribution is -2.48. The molecule has 0 bridgehead atoms. The van der Waals surface area contributed by atoms with E-state index < -0.39 is 0 Å². The van der Waals surface area contributed by atoms with Gasteiger partial charge in [0.25, 0.3) is 0 Å². The molecule has 0 aliphatic rings. The average molecular weight is 440 g/mol. The molecule has 0 aromatic heterocycles. The summed E-state index contributed by atoms with van der Waals surface area (Å²) in [5.74, 6) is 1.69. The number of nitrogens with one attached hydrogen (secondary N) is 1. The van der Waals surface area contributed by atoms with Crippen molar-refractivity contribution in [3.05, 3.63) is 0 Å².